The number of carbonyl (C=O) groups excluding carboxylic acids is 1. The van der Waals surface area contributed by atoms with Gasteiger partial charge in [0.05, 0.1) is 12.3 Å². The number of nitrogens with zero attached hydrogens (tertiary/aromatic N) is 1. The second-order valence-electron chi connectivity index (χ2n) is 5.73. The normalized spacial score (nSPS) is 10.4. The number of aromatic nitrogens is 1. The zero-order valence-electron chi connectivity index (χ0n) is 14.8. The van der Waals surface area contributed by atoms with Crippen molar-refractivity contribution in [3.05, 3.63) is 59.5 Å². The first kappa shape index (κ1) is 17.9. The fraction of sp³-hybridized carbons (Fsp3) is 0.200. The summed E-state index contributed by atoms with van der Waals surface area (Å²) in [5, 5.41) is 8.97. The van der Waals surface area contributed by atoms with E-state index in [-0.39, 0.29) is 5.91 Å². The smallest absolute Gasteiger partial charge is 0.217 e. The van der Waals surface area contributed by atoms with Crippen LogP contribution in [0.4, 0.5) is 10.8 Å². The van der Waals surface area contributed by atoms with Crippen molar-refractivity contribution in [2.75, 3.05) is 11.9 Å². The molecule has 1 heterocycles. The van der Waals surface area contributed by atoms with E-state index in [1.807, 2.05) is 60.8 Å². The topological polar surface area (TPSA) is 63.2 Å². The van der Waals surface area contributed by atoms with Crippen LogP contribution in [0.15, 0.2) is 53.9 Å². The molecule has 0 aliphatic carbocycles. The summed E-state index contributed by atoms with van der Waals surface area (Å²) in [6.45, 7) is 4.68. The Bertz CT molecular complexity index is 858. The highest BCUT2D eigenvalue weighted by atomic mass is 32.1. The second kappa shape index (κ2) is 8.49. The van der Waals surface area contributed by atoms with Crippen LogP contribution in [-0.2, 0) is 11.3 Å². The lowest BCUT2D eigenvalue weighted by Crippen LogP contribution is -2.18. The van der Waals surface area contributed by atoms with Gasteiger partial charge in [-0.05, 0) is 36.8 Å². The number of thiazole rings is 1. The van der Waals surface area contributed by atoms with Crippen LogP contribution in [0.1, 0.15) is 19.4 Å². The monoisotopic (exact) mass is 367 g/mol. The molecule has 6 heteroatoms. The molecule has 0 radical (unpaired) electrons. The van der Waals surface area contributed by atoms with Crippen molar-refractivity contribution in [2.24, 2.45) is 0 Å². The largest absolute Gasteiger partial charge is 0.494 e. The van der Waals surface area contributed by atoms with Crippen molar-refractivity contribution in [2.45, 2.75) is 20.4 Å². The minimum Gasteiger partial charge on any atom is -0.494 e. The van der Waals surface area contributed by atoms with Crippen molar-refractivity contribution in [1.82, 2.24) is 10.3 Å². The van der Waals surface area contributed by atoms with E-state index in [9.17, 15) is 4.79 Å². The maximum Gasteiger partial charge on any atom is 0.217 e. The van der Waals surface area contributed by atoms with Crippen LogP contribution in [0.2, 0.25) is 0 Å². The zero-order chi connectivity index (χ0) is 18.4. The third kappa shape index (κ3) is 4.83. The van der Waals surface area contributed by atoms with Gasteiger partial charge in [-0.3, -0.25) is 4.79 Å². The first-order valence-corrected chi connectivity index (χ1v) is 9.31. The van der Waals surface area contributed by atoms with Gasteiger partial charge < -0.3 is 15.4 Å². The SMILES string of the molecule is CCOc1ccc(Nc2nc(-c3ccc(CNC(C)=O)cc3)cs2)cc1. The molecule has 0 aliphatic heterocycles. The highest BCUT2D eigenvalue weighted by Gasteiger charge is 2.06. The van der Waals surface area contributed by atoms with E-state index >= 15 is 0 Å². The maximum atomic E-state index is 11.0. The van der Waals surface area contributed by atoms with E-state index in [0.717, 1.165) is 33.4 Å². The van der Waals surface area contributed by atoms with Gasteiger partial charge >= 0.3 is 0 Å². The number of carbonyl (C=O) groups is 1. The third-order valence-corrected chi connectivity index (χ3v) is 4.47. The predicted molar refractivity (Wildman–Crippen MR) is 106 cm³/mol. The molecule has 0 unspecified atom stereocenters. The zero-order valence-corrected chi connectivity index (χ0v) is 15.6. The molecule has 0 saturated carbocycles. The second-order valence-corrected chi connectivity index (χ2v) is 6.59. The van der Waals surface area contributed by atoms with Gasteiger partial charge in [0.1, 0.15) is 5.75 Å². The fourth-order valence-corrected chi connectivity index (χ4v) is 3.15. The molecule has 2 aromatic carbocycles. The van der Waals surface area contributed by atoms with Gasteiger partial charge in [-0.1, -0.05) is 24.3 Å². The standard InChI is InChI=1S/C20H21N3O2S/c1-3-25-18-10-8-17(9-11-18)22-20-23-19(13-26-20)16-6-4-15(5-7-16)12-21-14(2)24/h4-11,13H,3,12H2,1-2H3,(H,21,24)(H,22,23). The van der Waals surface area contributed by atoms with Crippen molar-refractivity contribution < 1.29 is 9.53 Å². The van der Waals surface area contributed by atoms with E-state index in [2.05, 4.69) is 15.6 Å². The van der Waals surface area contributed by atoms with Gasteiger partial charge in [-0.2, -0.15) is 0 Å². The molecule has 0 bridgehead atoms. The van der Waals surface area contributed by atoms with Crippen LogP contribution < -0.4 is 15.4 Å². The molecule has 1 amide bonds. The number of rotatable bonds is 7. The van der Waals surface area contributed by atoms with Crippen LogP contribution in [0.5, 0.6) is 5.75 Å². The fourth-order valence-electron chi connectivity index (χ4n) is 2.41. The molecule has 0 saturated heterocycles. The Labute approximate surface area is 157 Å². The van der Waals surface area contributed by atoms with Crippen molar-refractivity contribution in [1.29, 1.82) is 0 Å². The lowest BCUT2D eigenvalue weighted by atomic mass is 10.1. The number of hydrogen-bond acceptors (Lipinski definition) is 5. The minimum absolute atomic E-state index is 0.0291. The van der Waals surface area contributed by atoms with Crippen LogP contribution in [0.25, 0.3) is 11.3 Å². The van der Waals surface area contributed by atoms with Gasteiger partial charge in [-0.25, -0.2) is 4.98 Å². The van der Waals surface area contributed by atoms with Crippen molar-refractivity contribution >= 4 is 28.1 Å². The molecule has 0 fully saturated rings. The molecule has 26 heavy (non-hydrogen) atoms. The van der Waals surface area contributed by atoms with Crippen LogP contribution in [0.3, 0.4) is 0 Å². The molecule has 1 aromatic heterocycles. The number of benzene rings is 2. The van der Waals surface area contributed by atoms with Gasteiger partial charge in [0.15, 0.2) is 5.13 Å². The molecule has 3 rings (SSSR count). The van der Waals surface area contributed by atoms with E-state index in [1.54, 1.807) is 11.3 Å². The predicted octanol–water partition coefficient (Wildman–Crippen LogP) is 4.59. The number of nitrogens with one attached hydrogen (secondary N) is 2. The summed E-state index contributed by atoms with van der Waals surface area (Å²) in [6.07, 6.45) is 0. The van der Waals surface area contributed by atoms with Crippen molar-refractivity contribution in [3.63, 3.8) is 0 Å². The highest BCUT2D eigenvalue weighted by molar-refractivity contribution is 7.14. The number of hydrogen-bond donors (Lipinski definition) is 2. The summed E-state index contributed by atoms with van der Waals surface area (Å²) in [5.74, 6) is 0.829. The summed E-state index contributed by atoms with van der Waals surface area (Å²) in [4.78, 5) is 15.6. The summed E-state index contributed by atoms with van der Waals surface area (Å²) < 4.78 is 5.45. The summed E-state index contributed by atoms with van der Waals surface area (Å²) in [5.41, 5.74) is 4.01. The van der Waals surface area contributed by atoms with Gasteiger partial charge in [0.2, 0.25) is 5.91 Å². The Hall–Kier alpha value is -2.86. The average Bonchev–Trinajstić information content (AvgIpc) is 3.11. The maximum absolute atomic E-state index is 11.0. The lowest BCUT2D eigenvalue weighted by Gasteiger charge is -2.05. The molecular formula is C20H21N3O2S. The summed E-state index contributed by atoms with van der Waals surface area (Å²) >= 11 is 1.56. The Kier molecular flexibility index (Phi) is 5.86. The molecule has 5 nitrogen and oxygen atoms in total. The Morgan fingerprint density at radius 2 is 1.85 bits per heavy atom. The van der Waals surface area contributed by atoms with Crippen LogP contribution >= 0.6 is 11.3 Å². The Balaban J connectivity index is 1.64. The quantitative estimate of drug-likeness (QED) is 0.641. The van der Waals surface area contributed by atoms with E-state index in [0.29, 0.717) is 13.2 Å². The average molecular weight is 367 g/mol. The summed E-state index contributed by atoms with van der Waals surface area (Å²) in [6, 6.07) is 15.9. The van der Waals surface area contributed by atoms with E-state index in [4.69, 9.17) is 4.74 Å². The van der Waals surface area contributed by atoms with Crippen LogP contribution in [-0.4, -0.2) is 17.5 Å². The summed E-state index contributed by atoms with van der Waals surface area (Å²) in [7, 11) is 0. The molecule has 2 N–H and O–H groups in total. The van der Waals surface area contributed by atoms with Gasteiger partial charge in [0.25, 0.3) is 0 Å². The molecule has 0 aliphatic rings. The number of amides is 1. The lowest BCUT2D eigenvalue weighted by molar-refractivity contribution is -0.119. The minimum atomic E-state index is -0.0291. The Morgan fingerprint density at radius 3 is 2.50 bits per heavy atom. The van der Waals surface area contributed by atoms with E-state index < -0.39 is 0 Å². The van der Waals surface area contributed by atoms with Crippen molar-refractivity contribution in [3.8, 4) is 17.0 Å². The number of ether oxygens (including phenoxy) is 1. The molecule has 3 aromatic rings. The molecular weight excluding hydrogens is 346 g/mol. The molecule has 134 valence electrons. The van der Waals surface area contributed by atoms with E-state index in [1.165, 1.54) is 6.92 Å². The van der Waals surface area contributed by atoms with Gasteiger partial charge in [0, 0.05) is 30.1 Å². The Morgan fingerprint density at radius 1 is 1.12 bits per heavy atom. The van der Waals surface area contributed by atoms with Crippen LogP contribution in [0, 0.1) is 0 Å². The molecule has 0 atom stereocenters. The first-order chi connectivity index (χ1) is 12.6. The molecule has 0 spiro atoms. The third-order valence-electron chi connectivity index (χ3n) is 3.71. The number of anilines is 2. The first-order valence-electron chi connectivity index (χ1n) is 8.43. The van der Waals surface area contributed by atoms with Gasteiger partial charge in [-0.15, -0.1) is 11.3 Å². The highest BCUT2D eigenvalue weighted by Crippen LogP contribution is 2.28.